The molecule has 0 aliphatic carbocycles. The van der Waals surface area contributed by atoms with Crippen LogP contribution in [0, 0.1) is 6.92 Å². The molecule has 1 saturated heterocycles. The largest absolute Gasteiger partial charge is 0.459 e. The number of furan rings is 1. The average Bonchev–Trinajstić information content (AvgIpc) is 3.34. The molecule has 0 radical (unpaired) electrons. The first-order chi connectivity index (χ1) is 14.1. The van der Waals surface area contributed by atoms with Crippen LogP contribution < -0.4 is 0 Å². The summed E-state index contributed by atoms with van der Waals surface area (Å²) in [6.45, 7) is 4.61. The lowest BCUT2D eigenvalue weighted by Gasteiger charge is -2.22. The van der Waals surface area contributed by atoms with E-state index in [1.54, 1.807) is 26.6 Å². The summed E-state index contributed by atoms with van der Waals surface area (Å²) in [6, 6.07) is 10.8. The predicted octanol–water partition coefficient (Wildman–Crippen LogP) is 1.61. The molecule has 9 heteroatoms. The second-order valence-corrected chi connectivity index (χ2v) is 7.00. The molecule has 1 aliphatic heterocycles. The van der Waals surface area contributed by atoms with Crippen molar-refractivity contribution in [3.63, 3.8) is 0 Å². The second-order valence-electron chi connectivity index (χ2n) is 7.00. The van der Waals surface area contributed by atoms with Crippen LogP contribution in [0.5, 0.6) is 0 Å². The van der Waals surface area contributed by atoms with Gasteiger partial charge in [0.25, 0.3) is 11.8 Å². The van der Waals surface area contributed by atoms with Crippen molar-refractivity contribution in [1.29, 1.82) is 0 Å². The van der Waals surface area contributed by atoms with Gasteiger partial charge >= 0.3 is 0 Å². The first kappa shape index (κ1) is 18.9. The lowest BCUT2D eigenvalue weighted by atomic mass is 10.1. The molecular weight excluding hydrogens is 372 g/mol. The molecule has 0 atom stereocenters. The lowest BCUT2D eigenvalue weighted by Crippen LogP contribution is -2.37. The summed E-state index contributed by atoms with van der Waals surface area (Å²) in [6.07, 6.45) is 2.22. The third-order valence-corrected chi connectivity index (χ3v) is 5.05. The molecule has 3 heterocycles. The first-order valence-electron chi connectivity index (χ1n) is 9.55. The standard InChI is InChI=1S/C20H22N6O3/c1-15-21-22-23-26(15)14-16-5-7-17(8-6-16)19(27)24-9-3-10-25(12-11-24)20(28)18-4-2-13-29-18/h2,4-8,13H,3,9-12,14H2,1H3. The summed E-state index contributed by atoms with van der Waals surface area (Å²) in [5, 5.41) is 11.4. The van der Waals surface area contributed by atoms with Crippen LogP contribution in [0.2, 0.25) is 0 Å². The molecule has 29 heavy (non-hydrogen) atoms. The number of aromatic nitrogens is 4. The SMILES string of the molecule is Cc1nnnn1Cc1ccc(C(=O)N2CCCN(C(=O)c3ccco3)CC2)cc1. The molecule has 4 rings (SSSR count). The number of amides is 2. The van der Waals surface area contributed by atoms with Gasteiger partial charge in [-0.05, 0) is 53.6 Å². The van der Waals surface area contributed by atoms with Crippen LogP contribution in [0.25, 0.3) is 0 Å². The maximum Gasteiger partial charge on any atom is 0.289 e. The minimum Gasteiger partial charge on any atom is -0.459 e. The normalized spacial score (nSPS) is 14.7. The van der Waals surface area contributed by atoms with Gasteiger partial charge in [-0.15, -0.1) is 5.10 Å². The number of benzene rings is 1. The van der Waals surface area contributed by atoms with Crippen molar-refractivity contribution >= 4 is 11.8 Å². The monoisotopic (exact) mass is 394 g/mol. The van der Waals surface area contributed by atoms with E-state index in [1.165, 1.54) is 6.26 Å². The quantitative estimate of drug-likeness (QED) is 0.667. The number of hydrogen-bond acceptors (Lipinski definition) is 6. The number of hydrogen-bond donors (Lipinski definition) is 0. The maximum atomic E-state index is 12.9. The Kier molecular flexibility index (Phi) is 5.37. The third kappa shape index (κ3) is 4.18. The fraction of sp³-hybridized carbons (Fsp3) is 0.350. The summed E-state index contributed by atoms with van der Waals surface area (Å²) in [5.41, 5.74) is 1.65. The highest BCUT2D eigenvalue weighted by molar-refractivity contribution is 5.94. The Morgan fingerprint density at radius 2 is 1.72 bits per heavy atom. The molecular formula is C20H22N6O3. The van der Waals surface area contributed by atoms with Gasteiger partial charge in [0.15, 0.2) is 5.76 Å². The maximum absolute atomic E-state index is 12.9. The Morgan fingerprint density at radius 3 is 2.34 bits per heavy atom. The van der Waals surface area contributed by atoms with Gasteiger partial charge in [0.1, 0.15) is 5.82 Å². The summed E-state index contributed by atoms with van der Waals surface area (Å²) >= 11 is 0. The molecule has 150 valence electrons. The minimum atomic E-state index is -0.133. The average molecular weight is 394 g/mol. The van der Waals surface area contributed by atoms with Crippen molar-refractivity contribution in [3.05, 3.63) is 65.4 Å². The van der Waals surface area contributed by atoms with E-state index >= 15 is 0 Å². The van der Waals surface area contributed by atoms with Gasteiger partial charge in [-0.1, -0.05) is 12.1 Å². The van der Waals surface area contributed by atoms with Crippen LogP contribution in [0.4, 0.5) is 0 Å². The zero-order valence-corrected chi connectivity index (χ0v) is 16.2. The van der Waals surface area contributed by atoms with Crippen LogP contribution >= 0.6 is 0 Å². The Hall–Kier alpha value is -3.49. The van der Waals surface area contributed by atoms with Crippen molar-refractivity contribution in [3.8, 4) is 0 Å². The van der Waals surface area contributed by atoms with Crippen LogP contribution in [-0.2, 0) is 6.54 Å². The van der Waals surface area contributed by atoms with Crippen molar-refractivity contribution in [2.75, 3.05) is 26.2 Å². The second kappa shape index (κ2) is 8.26. The third-order valence-electron chi connectivity index (χ3n) is 5.05. The molecule has 1 aromatic carbocycles. The van der Waals surface area contributed by atoms with Crippen molar-refractivity contribution in [2.24, 2.45) is 0 Å². The van der Waals surface area contributed by atoms with Gasteiger partial charge in [0.05, 0.1) is 12.8 Å². The van der Waals surface area contributed by atoms with E-state index < -0.39 is 0 Å². The molecule has 0 saturated carbocycles. The van der Waals surface area contributed by atoms with Crippen LogP contribution in [0.1, 0.15) is 38.7 Å². The molecule has 2 amide bonds. The molecule has 2 aromatic heterocycles. The molecule has 1 aliphatic rings. The van der Waals surface area contributed by atoms with Crippen molar-refractivity contribution in [2.45, 2.75) is 19.9 Å². The number of rotatable bonds is 4. The van der Waals surface area contributed by atoms with Gasteiger partial charge in [-0.25, -0.2) is 4.68 Å². The smallest absolute Gasteiger partial charge is 0.289 e. The van der Waals surface area contributed by atoms with Gasteiger partial charge in [-0.2, -0.15) is 0 Å². The molecule has 0 unspecified atom stereocenters. The van der Waals surface area contributed by atoms with E-state index in [0.29, 0.717) is 44.0 Å². The fourth-order valence-electron chi connectivity index (χ4n) is 3.38. The molecule has 0 spiro atoms. The van der Waals surface area contributed by atoms with Crippen LogP contribution in [-0.4, -0.2) is 68.0 Å². The highest BCUT2D eigenvalue weighted by atomic mass is 16.3. The minimum absolute atomic E-state index is 0.0255. The van der Waals surface area contributed by atoms with Gasteiger partial charge in [0.2, 0.25) is 0 Å². The topological polar surface area (TPSA) is 97.4 Å². The van der Waals surface area contributed by atoms with Crippen molar-refractivity contribution in [1.82, 2.24) is 30.0 Å². The number of tetrazole rings is 1. The first-order valence-corrected chi connectivity index (χ1v) is 9.55. The highest BCUT2D eigenvalue weighted by Gasteiger charge is 2.24. The molecule has 0 N–H and O–H groups in total. The van der Waals surface area contributed by atoms with Gasteiger partial charge in [-0.3, -0.25) is 9.59 Å². The summed E-state index contributed by atoms with van der Waals surface area (Å²) < 4.78 is 6.91. The van der Waals surface area contributed by atoms with E-state index in [0.717, 1.165) is 17.8 Å². The summed E-state index contributed by atoms with van der Waals surface area (Å²) in [7, 11) is 0. The van der Waals surface area contributed by atoms with Crippen LogP contribution in [0.15, 0.2) is 47.1 Å². The van der Waals surface area contributed by atoms with E-state index in [1.807, 2.05) is 31.2 Å². The number of nitrogens with zero attached hydrogens (tertiary/aromatic N) is 6. The molecule has 1 fully saturated rings. The predicted molar refractivity (Wildman–Crippen MR) is 103 cm³/mol. The lowest BCUT2D eigenvalue weighted by molar-refractivity contribution is 0.0700. The zero-order chi connectivity index (χ0) is 20.2. The number of carbonyl (C=O) groups excluding carboxylic acids is 2. The Morgan fingerprint density at radius 1 is 1.00 bits per heavy atom. The van der Waals surface area contributed by atoms with E-state index in [2.05, 4.69) is 15.5 Å². The molecule has 0 bridgehead atoms. The van der Waals surface area contributed by atoms with Gasteiger partial charge < -0.3 is 14.2 Å². The summed E-state index contributed by atoms with van der Waals surface area (Å²) in [5.74, 6) is 0.913. The summed E-state index contributed by atoms with van der Waals surface area (Å²) in [4.78, 5) is 28.9. The highest BCUT2D eigenvalue weighted by Crippen LogP contribution is 2.14. The Bertz CT molecular complexity index is 980. The Balaban J connectivity index is 1.38. The van der Waals surface area contributed by atoms with E-state index in [-0.39, 0.29) is 11.8 Å². The van der Waals surface area contributed by atoms with Gasteiger partial charge in [0, 0.05) is 31.7 Å². The molecule has 3 aromatic rings. The number of carbonyl (C=O) groups is 2. The van der Waals surface area contributed by atoms with Crippen molar-refractivity contribution < 1.29 is 14.0 Å². The Labute approximate surface area is 167 Å². The molecule has 9 nitrogen and oxygen atoms in total. The van der Waals surface area contributed by atoms with E-state index in [4.69, 9.17) is 4.42 Å². The zero-order valence-electron chi connectivity index (χ0n) is 16.2. The van der Waals surface area contributed by atoms with E-state index in [9.17, 15) is 9.59 Å². The van der Waals surface area contributed by atoms with Crippen LogP contribution in [0.3, 0.4) is 0 Å². The fourth-order valence-corrected chi connectivity index (χ4v) is 3.38. The number of aryl methyl sites for hydroxylation is 1.